The van der Waals surface area contributed by atoms with Crippen LogP contribution in [0.3, 0.4) is 0 Å². The molecular weight excluding hydrogens is 372 g/mol. The summed E-state index contributed by atoms with van der Waals surface area (Å²) >= 11 is 0. The summed E-state index contributed by atoms with van der Waals surface area (Å²) < 4.78 is 0. The largest absolute Gasteiger partial charge is 0.392 e. The molecule has 1 saturated carbocycles. The third-order valence-corrected chi connectivity index (χ3v) is 6.08. The van der Waals surface area contributed by atoms with Crippen molar-refractivity contribution in [3.05, 3.63) is 70.8 Å². The van der Waals surface area contributed by atoms with Crippen LogP contribution in [0.1, 0.15) is 53.5 Å². The molecule has 3 aliphatic rings. The zero-order chi connectivity index (χ0) is 20.1. The van der Waals surface area contributed by atoms with Crippen LogP contribution in [0.4, 0.5) is 0 Å². The van der Waals surface area contributed by atoms with Crippen molar-refractivity contribution in [2.45, 2.75) is 31.3 Å². The van der Waals surface area contributed by atoms with Crippen LogP contribution in [0.5, 0.6) is 0 Å². The van der Waals surface area contributed by atoms with Crippen molar-refractivity contribution in [2.75, 3.05) is 0 Å². The average Bonchev–Trinajstić information content (AvgIpc) is 3.51. The third kappa shape index (κ3) is 3.17. The number of hydrogen-bond donors (Lipinski definition) is 3. The van der Waals surface area contributed by atoms with Gasteiger partial charge in [-0.2, -0.15) is 0 Å². The number of nitrogens with one attached hydrogen (secondary N) is 2. The first kappa shape index (κ1) is 17.4. The Kier molecular flexibility index (Phi) is 3.96. The van der Waals surface area contributed by atoms with Crippen LogP contribution < -0.4 is 0 Å². The Labute approximate surface area is 173 Å². The summed E-state index contributed by atoms with van der Waals surface area (Å²) in [5, 5.41) is 10.5. The fourth-order valence-corrected chi connectivity index (χ4v) is 4.65. The van der Waals surface area contributed by atoms with Gasteiger partial charge in [-0.15, -0.1) is 0 Å². The van der Waals surface area contributed by atoms with Gasteiger partial charge in [0.2, 0.25) is 0 Å². The summed E-state index contributed by atoms with van der Waals surface area (Å²) in [4.78, 5) is 16.4. The maximum Gasteiger partial charge on any atom is 0.0659 e. The maximum absolute atomic E-state index is 10.5. The van der Waals surface area contributed by atoms with Crippen LogP contribution in [-0.2, 0) is 0 Å². The summed E-state index contributed by atoms with van der Waals surface area (Å²) in [6.07, 6.45) is 10.7. The lowest BCUT2D eigenvalue weighted by atomic mass is 9.96. The highest BCUT2D eigenvalue weighted by Gasteiger charge is 2.28. The zero-order valence-corrected chi connectivity index (χ0v) is 16.5. The SMILES string of the molecule is OC1CCCC1c1cc2cc3ccc(cc4nc(cc5nc(cc1[nH]2)C=C5)C=C4)[nH]3. The predicted molar refractivity (Wildman–Crippen MR) is 121 cm³/mol. The van der Waals surface area contributed by atoms with Gasteiger partial charge in [0.1, 0.15) is 0 Å². The van der Waals surface area contributed by atoms with Crippen LogP contribution in [0.15, 0.2) is 42.5 Å². The number of hydrogen-bond acceptors (Lipinski definition) is 3. The number of aromatic nitrogens is 4. The van der Waals surface area contributed by atoms with E-state index in [9.17, 15) is 5.11 Å². The number of fused-ring (bicyclic) bond motifs is 8. The van der Waals surface area contributed by atoms with E-state index in [1.165, 1.54) is 5.56 Å². The minimum Gasteiger partial charge on any atom is -0.392 e. The summed E-state index contributed by atoms with van der Waals surface area (Å²) in [7, 11) is 0. The number of aromatic amines is 2. The normalized spacial score (nSPS) is 20.2. The van der Waals surface area contributed by atoms with Gasteiger partial charge < -0.3 is 15.1 Å². The fraction of sp³-hybridized carbons (Fsp3) is 0.200. The van der Waals surface area contributed by atoms with Gasteiger partial charge in [-0.25, -0.2) is 9.97 Å². The maximum atomic E-state index is 10.5. The quantitative estimate of drug-likeness (QED) is 0.362. The molecule has 0 aromatic carbocycles. The Morgan fingerprint density at radius 1 is 0.700 bits per heavy atom. The zero-order valence-electron chi connectivity index (χ0n) is 16.5. The minimum atomic E-state index is -0.282. The van der Waals surface area contributed by atoms with Crippen molar-refractivity contribution in [2.24, 2.45) is 0 Å². The molecule has 8 bridgehead atoms. The molecule has 5 heteroatoms. The molecule has 2 aliphatic heterocycles. The van der Waals surface area contributed by atoms with Gasteiger partial charge in [0.25, 0.3) is 0 Å². The molecule has 3 aromatic heterocycles. The second-order valence-corrected chi connectivity index (χ2v) is 8.23. The molecule has 0 spiro atoms. The molecule has 1 fully saturated rings. The highest BCUT2D eigenvalue weighted by Crippen LogP contribution is 2.37. The van der Waals surface area contributed by atoms with Crippen LogP contribution in [0, 0.1) is 0 Å². The Balaban J connectivity index is 1.64. The van der Waals surface area contributed by atoms with Crippen molar-refractivity contribution in [1.82, 2.24) is 19.9 Å². The molecule has 2 unspecified atom stereocenters. The third-order valence-electron chi connectivity index (χ3n) is 6.08. The van der Waals surface area contributed by atoms with Crippen LogP contribution in [-0.4, -0.2) is 31.1 Å². The van der Waals surface area contributed by atoms with Gasteiger partial charge in [-0.05, 0) is 85.2 Å². The number of nitrogens with zero attached hydrogens (tertiary/aromatic N) is 2. The second kappa shape index (κ2) is 6.82. The minimum absolute atomic E-state index is 0.164. The van der Waals surface area contributed by atoms with Gasteiger partial charge in [-0.1, -0.05) is 6.42 Å². The van der Waals surface area contributed by atoms with E-state index in [1.54, 1.807) is 0 Å². The number of aliphatic hydroxyl groups is 1. The highest BCUT2D eigenvalue weighted by molar-refractivity contribution is 5.78. The Hall–Kier alpha value is -3.44. The Bertz CT molecular complexity index is 1360. The van der Waals surface area contributed by atoms with Gasteiger partial charge >= 0.3 is 0 Å². The molecule has 6 rings (SSSR count). The van der Waals surface area contributed by atoms with Crippen molar-refractivity contribution < 1.29 is 5.11 Å². The lowest BCUT2D eigenvalue weighted by Crippen LogP contribution is -2.10. The highest BCUT2D eigenvalue weighted by atomic mass is 16.3. The van der Waals surface area contributed by atoms with Crippen LogP contribution in [0.2, 0.25) is 0 Å². The molecule has 1 aliphatic carbocycles. The molecular formula is C25H22N4O. The smallest absolute Gasteiger partial charge is 0.0659 e. The lowest BCUT2D eigenvalue weighted by Gasteiger charge is -2.12. The Morgan fingerprint density at radius 2 is 1.37 bits per heavy atom. The number of aliphatic hydroxyl groups excluding tert-OH is 1. The standard InChI is InChI=1S/C25H22N4O/c30-25-3-1-2-22(25)23-13-21-12-19-7-6-17(27-19)10-15-4-5-16(26-15)11-18-8-9-20(28-18)14-24(23)29-21/h4-14,22,25,27,29-30H,1-3H2. The Morgan fingerprint density at radius 3 is 2.07 bits per heavy atom. The van der Waals surface area contributed by atoms with Crippen molar-refractivity contribution in [3.8, 4) is 0 Å². The first-order valence-corrected chi connectivity index (χ1v) is 10.5. The molecule has 30 heavy (non-hydrogen) atoms. The van der Waals surface area contributed by atoms with Gasteiger partial charge in [0, 0.05) is 28.0 Å². The van der Waals surface area contributed by atoms with Crippen LogP contribution >= 0.6 is 0 Å². The molecule has 5 heterocycles. The number of rotatable bonds is 1. The predicted octanol–water partition coefficient (Wildman–Crippen LogP) is 5.28. The summed E-state index contributed by atoms with van der Waals surface area (Å²) in [6.45, 7) is 0. The molecule has 2 atom stereocenters. The van der Waals surface area contributed by atoms with E-state index in [0.717, 1.165) is 64.1 Å². The molecule has 3 aromatic rings. The molecule has 0 amide bonds. The summed E-state index contributed by atoms with van der Waals surface area (Å²) in [5.41, 5.74) is 8.84. The molecule has 3 N–H and O–H groups in total. The average molecular weight is 394 g/mol. The van der Waals surface area contributed by atoms with E-state index in [1.807, 2.05) is 36.4 Å². The van der Waals surface area contributed by atoms with Crippen molar-refractivity contribution >= 4 is 46.4 Å². The van der Waals surface area contributed by atoms with E-state index in [4.69, 9.17) is 4.98 Å². The molecule has 0 saturated heterocycles. The molecule has 5 nitrogen and oxygen atoms in total. The van der Waals surface area contributed by atoms with E-state index in [2.05, 4.69) is 45.3 Å². The van der Waals surface area contributed by atoms with Gasteiger partial charge in [0.15, 0.2) is 0 Å². The topological polar surface area (TPSA) is 77.6 Å². The van der Waals surface area contributed by atoms with E-state index in [-0.39, 0.29) is 12.0 Å². The first-order valence-electron chi connectivity index (χ1n) is 10.5. The molecule has 0 radical (unpaired) electrons. The van der Waals surface area contributed by atoms with E-state index >= 15 is 0 Å². The number of H-pyrrole nitrogens is 2. The first-order chi connectivity index (χ1) is 14.7. The summed E-state index contributed by atoms with van der Waals surface area (Å²) in [6, 6.07) is 14.5. The summed E-state index contributed by atoms with van der Waals surface area (Å²) in [5.74, 6) is 0.164. The van der Waals surface area contributed by atoms with Crippen molar-refractivity contribution in [3.63, 3.8) is 0 Å². The van der Waals surface area contributed by atoms with E-state index < -0.39 is 0 Å². The molecule has 148 valence electrons. The van der Waals surface area contributed by atoms with Crippen LogP contribution in [0.25, 0.3) is 46.4 Å². The van der Waals surface area contributed by atoms with Gasteiger partial charge in [-0.3, -0.25) is 0 Å². The van der Waals surface area contributed by atoms with Crippen molar-refractivity contribution in [1.29, 1.82) is 0 Å². The lowest BCUT2D eigenvalue weighted by molar-refractivity contribution is 0.164. The van der Waals surface area contributed by atoms with Gasteiger partial charge in [0.05, 0.1) is 28.9 Å². The fourth-order valence-electron chi connectivity index (χ4n) is 4.65. The van der Waals surface area contributed by atoms with E-state index in [0.29, 0.717) is 0 Å². The monoisotopic (exact) mass is 394 g/mol. The second-order valence-electron chi connectivity index (χ2n) is 8.23.